The van der Waals surface area contributed by atoms with Crippen molar-refractivity contribution in [2.45, 2.75) is 25.8 Å². The van der Waals surface area contributed by atoms with Crippen molar-refractivity contribution in [2.75, 3.05) is 50.8 Å². The van der Waals surface area contributed by atoms with E-state index >= 15 is 0 Å². The van der Waals surface area contributed by atoms with Crippen LogP contribution in [0.25, 0.3) is 11.3 Å². The Bertz CT molecular complexity index is 937. The lowest BCUT2D eigenvalue weighted by atomic mass is 9.60. The largest absolute Gasteiger partial charge is 0.483 e. The van der Waals surface area contributed by atoms with E-state index < -0.39 is 0 Å². The normalized spacial score (nSPS) is 19.7. The number of nitrogens with zero attached hydrogens (tertiary/aromatic N) is 6. The minimum Gasteiger partial charge on any atom is -0.483 e. The molecule has 5 rings (SSSR count). The molecule has 4 heterocycles. The zero-order chi connectivity index (χ0) is 23.3. The zero-order valence-electron chi connectivity index (χ0n) is 18.8. The number of anilines is 1. The van der Waals surface area contributed by atoms with Crippen molar-refractivity contribution in [3.05, 3.63) is 36.9 Å². The molecule has 3 aliphatic rings. The Hall–Kier alpha value is -3.27. The third kappa shape index (κ3) is 4.90. The average Bonchev–Trinajstić information content (AvgIpc) is 2.79. The van der Waals surface area contributed by atoms with Gasteiger partial charge in [-0.15, -0.1) is 0 Å². The summed E-state index contributed by atoms with van der Waals surface area (Å²) in [5.74, 6) is 0.992. The van der Waals surface area contributed by atoms with Crippen molar-refractivity contribution < 1.29 is 19.4 Å². The monoisotopic (exact) mass is 454 g/mol. The molecule has 0 aromatic carbocycles. The topological polar surface area (TPSA) is 112 Å². The van der Waals surface area contributed by atoms with E-state index in [0.29, 0.717) is 18.1 Å². The average molecular weight is 455 g/mol. The van der Waals surface area contributed by atoms with Gasteiger partial charge in [0.2, 0.25) is 0 Å². The summed E-state index contributed by atoms with van der Waals surface area (Å²) in [6, 6.07) is 4.66. The van der Waals surface area contributed by atoms with Gasteiger partial charge in [0.15, 0.2) is 0 Å². The van der Waals surface area contributed by atoms with E-state index in [0.717, 1.165) is 56.3 Å². The Morgan fingerprint density at radius 1 is 1.18 bits per heavy atom. The third-order valence-corrected chi connectivity index (χ3v) is 6.67. The van der Waals surface area contributed by atoms with Crippen LogP contribution in [-0.4, -0.2) is 94.3 Å². The molecule has 1 spiro atoms. The van der Waals surface area contributed by atoms with Gasteiger partial charge in [-0.1, -0.05) is 0 Å². The second-order valence-corrected chi connectivity index (χ2v) is 8.71. The minimum absolute atomic E-state index is 0.158. The first-order chi connectivity index (χ1) is 16.1. The van der Waals surface area contributed by atoms with E-state index in [1.807, 2.05) is 24.1 Å². The fraction of sp³-hybridized carbons (Fsp3) is 0.522. The molecule has 176 valence electrons. The van der Waals surface area contributed by atoms with E-state index in [9.17, 15) is 4.79 Å². The number of ether oxygens (including phenoxy) is 1. The van der Waals surface area contributed by atoms with Crippen LogP contribution in [0.2, 0.25) is 0 Å². The number of pyridine rings is 1. The fourth-order valence-electron chi connectivity index (χ4n) is 5.15. The summed E-state index contributed by atoms with van der Waals surface area (Å²) in [6.45, 7) is 7.77. The van der Waals surface area contributed by atoms with Crippen molar-refractivity contribution >= 4 is 18.4 Å². The summed E-state index contributed by atoms with van der Waals surface area (Å²) in [5.41, 5.74) is 2.24. The minimum atomic E-state index is -0.250. The van der Waals surface area contributed by atoms with E-state index in [1.54, 1.807) is 18.6 Å². The van der Waals surface area contributed by atoms with Crippen molar-refractivity contribution in [2.24, 2.45) is 5.41 Å². The third-order valence-electron chi connectivity index (χ3n) is 6.67. The van der Waals surface area contributed by atoms with Crippen molar-refractivity contribution in [1.82, 2.24) is 24.8 Å². The number of piperazine rings is 1. The number of carbonyl (C=O) groups is 2. The standard InChI is InChI=1S/C22H28N6O2.CH2O2/c1-2-30-21(29)28-15-22(16-28)12-17(13-22)26-8-10-27(11-9-26)20-18(4-3-5-25-20)19-14-23-6-7-24-19;2-1-3/h3-7,14,17H,2,8-13,15-16H2,1H3;1H,(H,2,3). The molecule has 2 aromatic rings. The molecule has 1 N–H and O–H groups in total. The van der Waals surface area contributed by atoms with Crippen LogP contribution in [0.3, 0.4) is 0 Å². The second-order valence-electron chi connectivity index (χ2n) is 8.71. The molecule has 2 saturated heterocycles. The van der Waals surface area contributed by atoms with Crippen LogP contribution in [-0.2, 0) is 9.53 Å². The molecular formula is C23H30N6O4. The lowest BCUT2D eigenvalue weighted by Gasteiger charge is -2.61. The Labute approximate surface area is 193 Å². The van der Waals surface area contributed by atoms with Gasteiger partial charge in [0.05, 0.1) is 18.5 Å². The van der Waals surface area contributed by atoms with E-state index in [1.165, 1.54) is 12.8 Å². The predicted molar refractivity (Wildman–Crippen MR) is 122 cm³/mol. The number of hydrogen-bond acceptors (Lipinski definition) is 8. The van der Waals surface area contributed by atoms with Gasteiger partial charge in [0.1, 0.15) is 5.82 Å². The van der Waals surface area contributed by atoms with Gasteiger partial charge in [0.25, 0.3) is 6.47 Å². The lowest BCUT2D eigenvalue weighted by molar-refractivity contribution is -0.122. The maximum atomic E-state index is 11.8. The molecular weight excluding hydrogens is 424 g/mol. The van der Waals surface area contributed by atoms with Gasteiger partial charge in [-0.25, -0.2) is 9.78 Å². The van der Waals surface area contributed by atoms with E-state index in [-0.39, 0.29) is 12.6 Å². The molecule has 0 bridgehead atoms. The van der Waals surface area contributed by atoms with Crippen molar-refractivity contribution in [3.8, 4) is 11.3 Å². The summed E-state index contributed by atoms with van der Waals surface area (Å²) < 4.78 is 5.10. The summed E-state index contributed by atoms with van der Waals surface area (Å²) in [4.78, 5) is 40.3. The Morgan fingerprint density at radius 3 is 2.55 bits per heavy atom. The number of carbonyl (C=O) groups excluding carboxylic acids is 1. The van der Waals surface area contributed by atoms with E-state index in [4.69, 9.17) is 14.6 Å². The van der Waals surface area contributed by atoms with Gasteiger partial charge >= 0.3 is 6.09 Å². The second kappa shape index (κ2) is 10.1. The number of hydrogen-bond donors (Lipinski definition) is 1. The number of likely N-dealkylation sites (tertiary alicyclic amines) is 1. The molecule has 2 aromatic heterocycles. The highest BCUT2D eigenvalue weighted by atomic mass is 16.6. The number of carboxylic acid groups (broad SMARTS) is 1. The Balaban J connectivity index is 0.000000821. The molecule has 0 unspecified atom stereocenters. The molecule has 0 radical (unpaired) electrons. The van der Waals surface area contributed by atoms with Gasteiger partial charge in [-0.05, 0) is 31.9 Å². The SMILES string of the molecule is CCOC(=O)N1CC2(CC(N3CCN(c4ncccc4-c4cnccn4)CC3)C2)C1.O=CO. The maximum absolute atomic E-state index is 11.8. The number of rotatable bonds is 4. The van der Waals surface area contributed by atoms with Gasteiger partial charge < -0.3 is 19.6 Å². The first kappa shape index (κ1) is 22.9. The highest BCUT2D eigenvalue weighted by Crippen LogP contribution is 2.50. The van der Waals surface area contributed by atoms with Crippen LogP contribution < -0.4 is 4.90 Å². The van der Waals surface area contributed by atoms with Crippen molar-refractivity contribution in [3.63, 3.8) is 0 Å². The van der Waals surface area contributed by atoms with Gasteiger partial charge in [-0.3, -0.25) is 19.7 Å². The lowest BCUT2D eigenvalue weighted by Crippen LogP contribution is -2.68. The summed E-state index contributed by atoms with van der Waals surface area (Å²) >= 11 is 0. The fourth-order valence-corrected chi connectivity index (χ4v) is 5.15. The molecule has 3 fully saturated rings. The highest BCUT2D eigenvalue weighted by Gasteiger charge is 2.55. The smallest absolute Gasteiger partial charge is 0.409 e. The van der Waals surface area contributed by atoms with Crippen LogP contribution >= 0.6 is 0 Å². The van der Waals surface area contributed by atoms with Crippen LogP contribution in [0.4, 0.5) is 10.6 Å². The van der Waals surface area contributed by atoms with Crippen LogP contribution in [0.15, 0.2) is 36.9 Å². The van der Waals surface area contributed by atoms with Crippen LogP contribution in [0.5, 0.6) is 0 Å². The molecule has 10 nitrogen and oxygen atoms in total. The molecule has 1 aliphatic carbocycles. The first-order valence-corrected chi connectivity index (χ1v) is 11.3. The molecule has 0 atom stereocenters. The summed E-state index contributed by atoms with van der Waals surface area (Å²) in [7, 11) is 0. The van der Waals surface area contributed by atoms with E-state index in [2.05, 4.69) is 30.8 Å². The summed E-state index contributed by atoms with van der Waals surface area (Å²) in [5, 5.41) is 6.89. The van der Waals surface area contributed by atoms with Gasteiger partial charge in [0, 0.05) is 74.9 Å². The van der Waals surface area contributed by atoms with Gasteiger partial charge in [-0.2, -0.15) is 0 Å². The van der Waals surface area contributed by atoms with Crippen LogP contribution in [0.1, 0.15) is 19.8 Å². The first-order valence-electron chi connectivity index (χ1n) is 11.3. The Kier molecular flexibility index (Phi) is 7.02. The van der Waals surface area contributed by atoms with Crippen molar-refractivity contribution in [1.29, 1.82) is 0 Å². The summed E-state index contributed by atoms with van der Waals surface area (Å²) in [6.07, 6.45) is 9.28. The number of aromatic nitrogens is 3. The highest BCUT2D eigenvalue weighted by molar-refractivity contribution is 5.72. The molecule has 1 amide bonds. The quantitative estimate of drug-likeness (QED) is 0.693. The molecule has 2 aliphatic heterocycles. The molecule has 33 heavy (non-hydrogen) atoms. The van der Waals surface area contributed by atoms with Crippen LogP contribution in [0, 0.1) is 5.41 Å². The molecule has 10 heteroatoms. The Morgan fingerprint density at radius 2 is 1.91 bits per heavy atom. The maximum Gasteiger partial charge on any atom is 0.409 e. The molecule has 1 saturated carbocycles. The zero-order valence-corrected chi connectivity index (χ0v) is 18.8. The predicted octanol–water partition coefficient (Wildman–Crippen LogP) is 1.98. The number of amides is 1.